The molecule has 3 aromatic heterocycles. The van der Waals surface area contributed by atoms with E-state index in [1.165, 1.54) is 12.1 Å². The first-order valence-corrected chi connectivity index (χ1v) is 12.4. The van der Waals surface area contributed by atoms with Crippen LogP contribution in [0.4, 0.5) is 10.1 Å². The summed E-state index contributed by atoms with van der Waals surface area (Å²) in [6, 6.07) is 19.6. The third-order valence-electron chi connectivity index (χ3n) is 6.79. The Hall–Kier alpha value is -4.98. The van der Waals surface area contributed by atoms with Crippen LogP contribution in [0.1, 0.15) is 15.9 Å². The van der Waals surface area contributed by atoms with Gasteiger partial charge in [0.2, 0.25) is 5.89 Å². The van der Waals surface area contributed by atoms with Crippen molar-refractivity contribution >= 4 is 33.8 Å². The van der Waals surface area contributed by atoms with Crippen molar-refractivity contribution < 1.29 is 18.0 Å². The monoisotopic (exact) mass is 520 g/mol. The van der Waals surface area contributed by atoms with Crippen LogP contribution >= 0.6 is 0 Å². The smallest absolute Gasteiger partial charge is 0.255 e. The van der Waals surface area contributed by atoms with Gasteiger partial charge >= 0.3 is 0 Å². The van der Waals surface area contributed by atoms with Gasteiger partial charge in [0, 0.05) is 61.2 Å². The fourth-order valence-electron chi connectivity index (χ4n) is 4.79. The molecule has 0 bridgehead atoms. The summed E-state index contributed by atoms with van der Waals surface area (Å²) < 4.78 is 25.9. The Kier molecular flexibility index (Phi) is 5.87. The summed E-state index contributed by atoms with van der Waals surface area (Å²) in [5.41, 5.74) is 7.31. The van der Waals surface area contributed by atoms with E-state index in [9.17, 15) is 9.18 Å². The third kappa shape index (κ3) is 4.20. The summed E-state index contributed by atoms with van der Waals surface area (Å²) in [6.45, 7) is 2.01. The average molecular weight is 521 g/mol. The predicted octanol–water partition coefficient (Wildman–Crippen LogP) is 6.84. The molecule has 0 saturated heterocycles. The number of carbonyl (C=O) groups is 1. The van der Waals surface area contributed by atoms with E-state index in [0.717, 1.165) is 27.9 Å². The number of furan rings is 1. The Morgan fingerprint density at radius 3 is 2.41 bits per heavy atom. The number of amides is 1. The predicted molar refractivity (Wildman–Crippen MR) is 150 cm³/mol. The lowest BCUT2D eigenvalue weighted by atomic mass is 9.95. The van der Waals surface area contributed by atoms with Gasteiger partial charge in [-0.2, -0.15) is 4.98 Å². The van der Waals surface area contributed by atoms with Crippen LogP contribution in [0, 0.1) is 12.7 Å². The van der Waals surface area contributed by atoms with Crippen molar-refractivity contribution in [3.63, 3.8) is 0 Å². The van der Waals surface area contributed by atoms with Crippen LogP contribution in [0.5, 0.6) is 0 Å². The maximum atomic E-state index is 13.6. The normalized spacial score (nSPS) is 11.3. The molecule has 3 aromatic carbocycles. The molecule has 0 radical (unpaired) electrons. The molecule has 1 N–H and O–H groups in total. The van der Waals surface area contributed by atoms with Crippen molar-refractivity contribution in [3.05, 3.63) is 89.9 Å². The summed E-state index contributed by atoms with van der Waals surface area (Å²) >= 11 is 0. The van der Waals surface area contributed by atoms with E-state index in [1.54, 1.807) is 25.4 Å². The average Bonchev–Trinajstić information content (AvgIpc) is 3.54. The minimum absolute atomic E-state index is 0.291. The SMILES string of the molecule is CNC(=O)c1c(-c2ccc(F)cc2)oc2cc(N(C)C)c(-c3ccc(C)c(-c4nc5ncccc5o4)c3)cc12. The summed E-state index contributed by atoms with van der Waals surface area (Å²) in [5.74, 6) is 0.219. The molecule has 3 heterocycles. The van der Waals surface area contributed by atoms with Crippen molar-refractivity contribution in [1.29, 1.82) is 0 Å². The molecule has 0 aliphatic carbocycles. The summed E-state index contributed by atoms with van der Waals surface area (Å²) in [6.07, 6.45) is 1.69. The van der Waals surface area contributed by atoms with Crippen molar-refractivity contribution in [2.75, 3.05) is 26.0 Å². The lowest BCUT2D eigenvalue weighted by molar-refractivity contribution is 0.0964. The molecule has 39 heavy (non-hydrogen) atoms. The van der Waals surface area contributed by atoms with Crippen LogP contribution in [-0.4, -0.2) is 37.0 Å². The van der Waals surface area contributed by atoms with E-state index in [2.05, 4.69) is 15.3 Å². The molecular formula is C31H25FN4O3. The van der Waals surface area contributed by atoms with Gasteiger partial charge in [-0.25, -0.2) is 9.37 Å². The number of nitrogens with zero attached hydrogens (tertiary/aromatic N) is 3. The fraction of sp³-hybridized carbons (Fsp3) is 0.129. The maximum absolute atomic E-state index is 13.6. The highest BCUT2D eigenvalue weighted by Crippen LogP contribution is 2.41. The number of hydrogen-bond donors (Lipinski definition) is 1. The lowest BCUT2D eigenvalue weighted by Crippen LogP contribution is -2.18. The number of benzene rings is 3. The molecule has 0 unspecified atom stereocenters. The van der Waals surface area contributed by atoms with Crippen LogP contribution in [0.3, 0.4) is 0 Å². The number of hydrogen-bond acceptors (Lipinski definition) is 6. The number of oxazole rings is 1. The Balaban J connectivity index is 1.58. The number of anilines is 1. The standard InChI is InChI=1S/C31H25FN4O3/c1-17-7-8-19(14-21(17)31-35-29-25(39-31)6-5-13-34-29)22-15-23-26(16-24(22)36(3)4)38-28(27(23)30(37)33-2)18-9-11-20(32)12-10-18/h5-16H,1-4H3,(H,33,37). The largest absolute Gasteiger partial charge is 0.455 e. The van der Waals surface area contributed by atoms with Gasteiger partial charge in [0.15, 0.2) is 11.2 Å². The van der Waals surface area contributed by atoms with Gasteiger partial charge < -0.3 is 19.1 Å². The number of fused-ring (bicyclic) bond motifs is 2. The van der Waals surface area contributed by atoms with E-state index >= 15 is 0 Å². The van der Waals surface area contributed by atoms with E-state index in [0.29, 0.717) is 45.0 Å². The van der Waals surface area contributed by atoms with Crippen LogP contribution in [0.15, 0.2) is 81.8 Å². The first kappa shape index (κ1) is 24.4. The second-order valence-electron chi connectivity index (χ2n) is 9.53. The van der Waals surface area contributed by atoms with Crippen molar-refractivity contribution in [2.24, 2.45) is 0 Å². The number of carbonyl (C=O) groups excluding carboxylic acids is 1. The van der Waals surface area contributed by atoms with Gasteiger partial charge in [-0.1, -0.05) is 12.1 Å². The number of rotatable bonds is 5. The van der Waals surface area contributed by atoms with Crippen molar-refractivity contribution in [3.8, 4) is 33.9 Å². The number of halogens is 1. The van der Waals surface area contributed by atoms with Gasteiger partial charge in [-0.15, -0.1) is 0 Å². The molecule has 0 atom stereocenters. The highest BCUT2D eigenvalue weighted by Gasteiger charge is 2.24. The fourth-order valence-corrected chi connectivity index (χ4v) is 4.79. The van der Waals surface area contributed by atoms with Gasteiger partial charge in [0.05, 0.1) is 5.56 Å². The van der Waals surface area contributed by atoms with Crippen LogP contribution in [0.2, 0.25) is 0 Å². The zero-order valence-corrected chi connectivity index (χ0v) is 21.9. The molecule has 0 aliphatic rings. The van der Waals surface area contributed by atoms with Crippen LogP contribution in [-0.2, 0) is 0 Å². The molecule has 0 saturated carbocycles. The van der Waals surface area contributed by atoms with Gasteiger partial charge in [-0.3, -0.25) is 4.79 Å². The summed E-state index contributed by atoms with van der Waals surface area (Å²) in [4.78, 5) is 24.0. The van der Waals surface area contributed by atoms with E-state index < -0.39 is 0 Å². The molecule has 7 nitrogen and oxygen atoms in total. The van der Waals surface area contributed by atoms with Crippen molar-refractivity contribution in [2.45, 2.75) is 6.92 Å². The molecule has 0 spiro atoms. The third-order valence-corrected chi connectivity index (χ3v) is 6.79. The lowest BCUT2D eigenvalue weighted by Gasteiger charge is -2.18. The number of pyridine rings is 1. The molecule has 0 fully saturated rings. The molecule has 1 amide bonds. The molecule has 194 valence electrons. The second-order valence-corrected chi connectivity index (χ2v) is 9.53. The molecule has 0 aliphatic heterocycles. The maximum Gasteiger partial charge on any atom is 0.255 e. The quantitative estimate of drug-likeness (QED) is 0.268. The number of aromatic nitrogens is 2. The topological polar surface area (TPSA) is 84.4 Å². The summed E-state index contributed by atoms with van der Waals surface area (Å²) in [5, 5.41) is 3.37. The molecule has 6 rings (SSSR count). The number of nitrogens with one attached hydrogen (secondary N) is 1. The van der Waals surface area contributed by atoms with E-state index in [1.807, 2.05) is 68.4 Å². The highest BCUT2D eigenvalue weighted by molar-refractivity contribution is 6.13. The Bertz CT molecular complexity index is 1840. The van der Waals surface area contributed by atoms with Gasteiger partial charge in [0.25, 0.3) is 5.91 Å². The van der Waals surface area contributed by atoms with Crippen molar-refractivity contribution in [1.82, 2.24) is 15.3 Å². The first-order chi connectivity index (χ1) is 18.8. The molecule has 6 aromatic rings. The van der Waals surface area contributed by atoms with E-state index in [-0.39, 0.29) is 11.7 Å². The molecular weight excluding hydrogens is 495 g/mol. The Morgan fingerprint density at radius 2 is 1.69 bits per heavy atom. The Labute approximate surface area is 223 Å². The van der Waals surface area contributed by atoms with Gasteiger partial charge in [0.1, 0.15) is 17.2 Å². The van der Waals surface area contributed by atoms with E-state index in [4.69, 9.17) is 8.83 Å². The molecule has 8 heteroatoms. The van der Waals surface area contributed by atoms with Gasteiger partial charge in [-0.05, 0) is 66.6 Å². The zero-order chi connectivity index (χ0) is 27.3. The van der Waals surface area contributed by atoms with Crippen LogP contribution < -0.4 is 10.2 Å². The summed E-state index contributed by atoms with van der Waals surface area (Å²) in [7, 11) is 5.48. The Morgan fingerprint density at radius 1 is 0.923 bits per heavy atom. The first-order valence-electron chi connectivity index (χ1n) is 12.4. The minimum Gasteiger partial charge on any atom is -0.455 e. The highest BCUT2D eigenvalue weighted by atomic mass is 19.1. The minimum atomic E-state index is -0.363. The van der Waals surface area contributed by atoms with Crippen LogP contribution in [0.25, 0.3) is 56.1 Å². The number of aryl methyl sites for hydroxylation is 1. The zero-order valence-electron chi connectivity index (χ0n) is 21.9. The second kappa shape index (κ2) is 9.40.